The first-order chi connectivity index (χ1) is 15.9. The average molecular weight is 451 g/mol. The van der Waals surface area contributed by atoms with Crippen molar-refractivity contribution in [2.24, 2.45) is 0 Å². The number of ether oxygens (including phenoxy) is 1. The number of likely N-dealkylation sites (tertiary alicyclic amines) is 1. The van der Waals surface area contributed by atoms with Crippen molar-refractivity contribution >= 4 is 17.4 Å². The highest BCUT2D eigenvalue weighted by Gasteiger charge is 2.45. The number of aliphatic hydroxyl groups is 1. The summed E-state index contributed by atoms with van der Waals surface area (Å²) in [5, 5.41) is 11.1. The molecular weight excluding hydrogens is 416 g/mol. The van der Waals surface area contributed by atoms with Crippen molar-refractivity contribution < 1.29 is 19.4 Å². The topological polar surface area (TPSA) is 70.1 Å². The normalized spacial score (nSPS) is 17.7. The number of amides is 1. The molecule has 6 nitrogen and oxygen atoms in total. The molecule has 6 heteroatoms. The standard InChI is InChI=1S/C27H34N2O4/c1-5-18-33-22-14-12-20(13-15-22)24-23(25(30)21-10-8-19(4)9-11-21)26(31)27(32)29(24)17-16-28(6-2)7-3/h8-15,24,30H,5-7,16-18H2,1-4H3/t24-/m1/s1. The Morgan fingerprint density at radius 3 is 2.21 bits per heavy atom. The number of benzene rings is 2. The van der Waals surface area contributed by atoms with Crippen molar-refractivity contribution in [1.29, 1.82) is 0 Å². The van der Waals surface area contributed by atoms with E-state index in [9.17, 15) is 14.7 Å². The maximum absolute atomic E-state index is 13.1. The molecule has 1 fully saturated rings. The first kappa shape index (κ1) is 24.5. The molecule has 0 saturated carbocycles. The largest absolute Gasteiger partial charge is 0.507 e. The molecule has 0 aliphatic carbocycles. The molecule has 1 N–H and O–H groups in total. The van der Waals surface area contributed by atoms with Crippen LogP contribution in [-0.4, -0.2) is 59.4 Å². The van der Waals surface area contributed by atoms with Crippen LogP contribution in [0, 0.1) is 6.92 Å². The Labute approximate surface area is 196 Å². The molecule has 0 radical (unpaired) electrons. The van der Waals surface area contributed by atoms with E-state index < -0.39 is 17.7 Å². The van der Waals surface area contributed by atoms with Gasteiger partial charge in [0.2, 0.25) is 0 Å². The van der Waals surface area contributed by atoms with Crippen LogP contribution in [-0.2, 0) is 9.59 Å². The second-order valence-electron chi connectivity index (χ2n) is 8.30. The number of Topliss-reactive ketones (excluding diaryl/α,β-unsaturated/α-hetero) is 1. The zero-order chi connectivity index (χ0) is 24.0. The van der Waals surface area contributed by atoms with E-state index in [1.807, 2.05) is 50.2 Å². The Morgan fingerprint density at radius 2 is 1.64 bits per heavy atom. The van der Waals surface area contributed by atoms with Gasteiger partial charge in [-0.15, -0.1) is 0 Å². The molecule has 1 aliphatic heterocycles. The smallest absolute Gasteiger partial charge is 0.295 e. The first-order valence-corrected chi connectivity index (χ1v) is 11.7. The van der Waals surface area contributed by atoms with Gasteiger partial charge in [-0.2, -0.15) is 0 Å². The third-order valence-electron chi connectivity index (χ3n) is 6.09. The summed E-state index contributed by atoms with van der Waals surface area (Å²) in [6.45, 7) is 11.5. The summed E-state index contributed by atoms with van der Waals surface area (Å²) in [7, 11) is 0. The zero-order valence-corrected chi connectivity index (χ0v) is 20.0. The minimum absolute atomic E-state index is 0.130. The number of aryl methyl sites for hydroxylation is 1. The van der Waals surface area contributed by atoms with Gasteiger partial charge in [-0.1, -0.05) is 62.7 Å². The summed E-state index contributed by atoms with van der Waals surface area (Å²) in [6.07, 6.45) is 0.907. The fourth-order valence-corrected chi connectivity index (χ4v) is 4.08. The third kappa shape index (κ3) is 5.45. The molecule has 1 aliphatic rings. The van der Waals surface area contributed by atoms with Crippen molar-refractivity contribution in [3.63, 3.8) is 0 Å². The van der Waals surface area contributed by atoms with E-state index in [0.29, 0.717) is 25.3 Å². The lowest BCUT2D eigenvalue weighted by Gasteiger charge is -2.28. The van der Waals surface area contributed by atoms with Crippen LogP contribution in [0.15, 0.2) is 54.1 Å². The highest BCUT2D eigenvalue weighted by Crippen LogP contribution is 2.39. The Hall–Kier alpha value is -3.12. The molecule has 0 unspecified atom stereocenters. The fraction of sp³-hybridized carbons (Fsp3) is 0.407. The van der Waals surface area contributed by atoms with Crippen LogP contribution in [0.2, 0.25) is 0 Å². The lowest BCUT2D eigenvalue weighted by molar-refractivity contribution is -0.140. The van der Waals surface area contributed by atoms with Crippen LogP contribution in [0.1, 0.15) is 49.9 Å². The fourth-order valence-electron chi connectivity index (χ4n) is 4.08. The Morgan fingerprint density at radius 1 is 1.00 bits per heavy atom. The van der Waals surface area contributed by atoms with Crippen molar-refractivity contribution in [1.82, 2.24) is 9.80 Å². The molecule has 1 amide bonds. The second-order valence-corrected chi connectivity index (χ2v) is 8.30. The maximum atomic E-state index is 13.1. The molecule has 0 spiro atoms. The predicted molar refractivity (Wildman–Crippen MR) is 130 cm³/mol. The van der Waals surface area contributed by atoms with Gasteiger partial charge in [0.25, 0.3) is 11.7 Å². The van der Waals surface area contributed by atoms with Gasteiger partial charge in [0, 0.05) is 18.7 Å². The van der Waals surface area contributed by atoms with Crippen LogP contribution in [0.3, 0.4) is 0 Å². The first-order valence-electron chi connectivity index (χ1n) is 11.7. The number of hydrogen-bond donors (Lipinski definition) is 1. The van der Waals surface area contributed by atoms with Crippen molar-refractivity contribution in [3.8, 4) is 5.75 Å². The van der Waals surface area contributed by atoms with Crippen molar-refractivity contribution in [2.45, 2.75) is 40.2 Å². The number of rotatable bonds is 10. The SMILES string of the molecule is CCCOc1ccc([C@@H]2C(=C(O)c3ccc(C)cc3)C(=O)C(=O)N2CCN(CC)CC)cc1. The summed E-state index contributed by atoms with van der Waals surface area (Å²) >= 11 is 0. The van der Waals surface area contributed by atoms with E-state index in [1.165, 1.54) is 0 Å². The quantitative estimate of drug-likeness (QED) is 0.327. The van der Waals surface area contributed by atoms with E-state index >= 15 is 0 Å². The minimum Gasteiger partial charge on any atom is -0.507 e. The summed E-state index contributed by atoms with van der Waals surface area (Å²) in [4.78, 5) is 30.0. The summed E-state index contributed by atoms with van der Waals surface area (Å²) < 4.78 is 5.69. The Balaban J connectivity index is 2.04. The van der Waals surface area contributed by atoms with Crippen LogP contribution in [0.25, 0.3) is 5.76 Å². The van der Waals surface area contributed by atoms with Crippen LogP contribution >= 0.6 is 0 Å². The van der Waals surface area contributed by atoms with Gasteiger partial charge in [-0.05, 0) is 44.1 Å². The van der Waals surface area contributed by atoms with Crippen molar-refractivity contribution in [3.05, 3.63) is 70.8 Å². The van der Waals surface area contributed by atoms with Gasteiger partial charge in [0.05, 0.1) is 18.2 Å². The van der Waals surface area contributed by atoms with E-state index in [1.54, 1.807) is 17.0 Å². The number of carbonyl (C=O) groups excluding carboxylic acids is 2. The predicted octanol–water partition coefficient (Wildman–Crippen LogP) is 4.55. The monoisotopic (exact) mass is 450 g/mol. The minimum atomic E-state index is -0.651. The molecule has 2 aromatic rings. The third-order valence-corrected chi connectivity index (χ3v) is 6.09. The van der Waals surface area contributed by atoms with Gasteiger partial charge in [-0.3, -0.25) is 9.59 Å². The van der Waals surface area contributed by atoms with Crippen LogP contribution in [0.4, 0.5) is 0 Å². The number of aliphatic hydroxyl groups excluding tert-OH is 1. The van der Waals surface area contributed by atoms with Gasteiger partial charge < -0.3 is 19.6 Å². The summed E-state index contributed by atoms with van der Waals surface area (Å²) in [6, 6.07) is 14.1. The number of nitrogens with zero attached hydrogens (tertiary/aromatic N) is 2. The molecule has 1 heterocycles. The van der Waals surface area contributed by atoms with E-state index in [4.69, 9.17) is 4.74 Å². The average Bonchev–Trinajstić information content (AvgIpc) is 3.08. The number of carbonyl (C=O) groups is 2. The zero-order valence-electron chi connectivity index (χ0n) is 20.0. The number of ketones is 1. The molecule has 3 rings (SSSR count). The van der Waals surface area contributed by atoms with E-state index in [-0.39, 0.29) is 11.3 Å². The molecule has 1 atom stereocenters. The molecule has 1 saturated heterocycles. The van der Waals surface area contributed by atoms with Crippen LogP contribution < -0.4 is 4.74 Å². The second kappa shape index (κ2) is 11.1. The van der Waals surface area contributed by atoms with Crippen molar-refractivity contribution in [2.75, 3.05) is 32.8 Å². The molecule has 0 bridgehead atoms. The highest BCUT2D eigenvalue weighted by molar-refractivity contribution is 6.46. The molecular formula is C27H34N2O4. The lowest BCUT2D eigenvalue weighted by Crippen LogP contribution is -2.38. The molecule has 33 heavy (non-hydrogen) atoms. The Bertz CT molecular complexity index is 992. The molecule has 2 aromatic carbocycles. The van der Waals surface area contributed by atoms with Gasteiger partial charge in [-0.25, -0.2) is 0 Å². The summed E-state index contributed by atoms with van der Waals surface area (Å²) in [5.41, 5.74) is 2.47. The molecule has 0 aromatic heterocycles. The van der Waals surface area contributed by atoms with Gasteiger partial charge >= 0.3 is 0 Å². The Kier molecular flexibility index (Phi) is 8.28. The van der Waals surface area contributed by atoms with Crippen LogP contribution in [0.5, 0.6) is 5.75 Å². The number of likely N-dealkylation sites (N-methyl/N-ethyl adjacent to an activating group) is 1. The highest BCUT2D eigenvalue weighted by atomic mass is 16.5. The van der Waals surface area contributed by atoms with E-state index in [2.05, 4.69) is 18.7 Å². The maximum Gasteiger partial charge on any atom is 0.295 e. The molecule has 176 valence electrons. The van der Waals surface area contributed by atoms with Gasteiger partial charge in [0.1, 0.15) is 11.5 Å². The number of hydrogen-bond acceptors (Lipinski definition) is 5. The van der Waals surface area contributed by atoms with E-state index in [0.717, 1.165) is 36.4 Å². The summed E-state index contributed by atoms with van der Waals surface area (Å²) in [5.74, 6) is -0.634. The lowest BCUT2D eigenvalue weighted by atomic mass is 9.95. The van der Waals surface area contributed by atoms with Gasteiger partial charge in [0.15, 0.2) is 0 Å².